The van der Waals surface area contributed by atoms with Crippen LogP contribution in [0.3, 0.4) is 0 Å². The van der Waals surface area contributed by atoms with Crippen molar-refractivity contribution in [2.75, 3.05) is 0 Å². The fourth-order valence-corrected chi connectivity index (χ4v) is 0.866. The molecule has 7 heavy (non-hydrogen) atoms. The minimum Gasteiger partial charge on any atom is -1.00 e. The zero-order valence-electron chi connectivity index (χ0n) is 4.87. The summed E-state index contributed by atoms with van der Waals surface area (Å²) in [6.45, 7) is 4.50. The van der Waals surface area contributed by atoms with Crippen molar-refractivity contribution in [3.63, 3.8) is 0 Å². The molecule has 0 rings (SSSR count). The van der Waals surface area contributed by atoms with Gasteiger partial charge in [0.15, 0.2) is 0 Å². The van der Waals surface area contributed by atoms with E-state index in [2.05, 4.69) is 13.8 Å². The normalized spacial score (nSPS) is 4.86. The zero-order valence-corrected chi connectivity index (χ0v) is 8.34. The first-order valence-corrected chi connectivity index (χ1v) is 3.86. The van der Waals surface area contributed by atoms with Crippen LogP contribution in [-0.2, 0) is 21.7 Å². The Morgan fingerprint density at radius 1 is 1.14 bits per heavy atom. The molecule has 0 bridgehead atoms. The van der Waals surface area contributed by atoms with Gasteiger partial charge >= 0.3 is 39.6 Å². The van der Waals surface area contributed by atoms with Crippen molar-refractivity contribution in [3.8, 4) is 0 Å². The van der Waals surface area contributed by atoms with E-state index in [0.29, 0.717) is 0 Å². The van der Waals surface area contributed by atoms with Gasteiger partial charge in [-0.1, -0.05) is 0 Å². The Kier molecular flexibility index (Phi) is 35.4. The molecule has 0 saturated heterocycles. The van der Waals surface area contributed by atoms with Gasteiger partial charge in [0, 0.05) is 21.7 Å². The molecule has 0 unspecified atom stereocenters. The van der Waals surface area contributed by atoms with Crippen LogP contribution >= 0.6 is 0 Å². The van der Waals surface area contributed by atoms with Crippen LogP contribution in [0.4, 0.5) is 0 Å². The van der Waals surface area contributed by atoms with Crippen molar-refractivity contribution in [3.05, 3.63) is 0 Å². The van der Waals surface area contributed by atoms with E-state index in [1.54, 1.807) is 0 Å². The molecule has 0 heterocycles. The second-order valence-corrected chi connectivity index (χ2v) is 3.32. The fraction of sp³-hybridized carbons (Fsp3) is 1.00. The summed E-state index contributed by atoms with van der Waals surface area (Å²) in [4.78, 5) is 0. The van der Waals surface area contributed by atoms with Gasteiger partial charge in [0.25, 0.3) is 0 Å². The first kappa shape index (κ1) is 15.8. The monoisotopic (exact) mass is 168 g/mol. The molecule has 0 aromatic heterocycles. The molecule has 0 spiro atoms. The van der Waals surface area contributed by atoms with Gasteiger partial charge in [-0.05, 0) is 0 Å². The molecule has 0 aliphatic rings. The van der Waals surface area contributed by atoms with Crippen LogP contribution in [0.1, 0.15) is 13.8 Å². The molecule has 0 amide bonds. The van der Waals surface area contributed by atoms with Crippen LogP contribution in [0.25, 0.3) is 0 Å². The van der Waals surface area contributed by atoms with Crippen LogP contribution in [0, 0.1) is 0 Å². The SMILES string of the molecule is C[CH2][Al+][CH2]C.[Cl-].[Ti]. The van der Waals surface area contributed by atoms with E-state index < -0.39 is 0 Å². The summed E-state index contributed by atoms with van der Waals surface area (Å²) >= 11 is 0.815. The minimum atomic E-state index is 0. The van der Waals surface area contributed by atoms with Crippen LogP contribution in [0.2, 0.25) is 10.6 Å². The summed E-state index contributed by atoms with van der Waals surface area (Å²) in [5.74, 6) is 0. The predicted octanol–water partition coefficient (Wildman–Crippen LogP) is -1.43. The van der Waals surface area contributed by atoms with Crippen molar-refractivity contribution >= 4 is 15.2 Å². The molecule has 0 aliphatic heterocycles. The molecule has 0 atom stereocenters. The van der Waals surface area contributed by atoms with Gasteiger partial charge in [-0.25, -0.2) is 0 Å². The summed E-state index contributed by atoms with van der Waals surface area (Å²) < 4.78 is 0. The van der Waals surface area contributed by atoms with E-state index in [0.717, 1.165) is 15.2 Å². The van der Waals surface area contributed by atoms with E-state index >= 15 is 0 Å². The van der Waals surface area contributed by atoms with E-state index in [-0.39, 0.29) is 34.1 Å². The number of halogens is 1. The van der Waals surface area contributed by atoms with Crippen molar-refractivity contribution in [2.24, 2.45) is 0 Å². The van der Waals surface area contributed by atoms with E-state index in [1.165, 1.54) is 10.6 Å². The summed E-state index contributed by atoms with van der Waals surface area (Å²) in [7, 11) is 0. The molecule has 0 aromatic rings. The molecule has 0 aliphatic carbocycles. The van der Waals surface area contributed by atoms with Gasteiger partial charge in [0.2, 0.25) is 0 Å². The number of rotatable bonds is 2. The Hall–Kier alpha value is 1.54. The van der Waals surface area contributed by atoms with Crippen LogP contribution < -0.4 is 12.4 Å². The zero-order chi connectivity index (χ0) is 4.12. The summed E-state index contributed by atoms with van der Waals surface area (Å²) in [6, 6.07) is 0. The third-order valence-corrected chi connectivity index (χ3v) is 1.73. The molecule has 0 N–H and O–H groups in total. The maximum Gasteiger partial charge on any atom is 0 e. The Bertz CT molecular complexity index is 19.2. The predicted molar refractivity (Wildman–Crippen MR) is 26.7 cm³/mol. The standard InChI is InChI=1S/2C2H5.Al.ClH.Ti/c2*1-2;;;/h2*1H2,2H3;;1H;/q;;+1;;/p-1. The Labute approximate surface area is 73.4 Å². The molecule has 0 saturated carbocycles. The van der Waals surface area contributed by atoms with Gasteiger partial charge in [-0.3, -0.25) is 0 Å². The molecular formula is C4H10AlClTi. The summed E-state index contributed by atoms with van der Waals surface area (Å²) in [6.07, 6.45) is 0. The van der Waals surface area contributed by atoms with Crippen molar-refractivity contribution in [1.29, 1.82) is 0 Å². The number of hydrogen-bond acceptors (Lipinski definition) is 0. The summed E-state index contributed by atoms with van der Waals surface area (Å²) in [5, 5.41) is 2.85. The topological polar surface area (TPSA) is 0 Å². The molecule has 0 aromatic carbocycles. The minimum absolute atomic E-state index is 0. The first-order valence-electron chi connectivity index (χ1n) is 2.23. The molecular weight excluding hydrogens is 158 g/mol. The van der Waals surface area contributed by atoms with Crippen molar-refractivity contribution in [2.45, 2.75) is 24.4 Å². The smallest absolute Gasteiger partial charge is 0 e. The Morgan fingerprint density at radius 3 is 1.43 bits per heavy atom. The van der Waals surface area contributed by atoms with Crippen molar-refractivity contribution in [1.82, 2.24) is 0 Å². The third kappa shape index (κ3) is 18.5. The van der Waals surface area contributed by atoms with Gasteiger partial charge < -0.3 is 12.4 Å². The van der Waals surface area contributed by atoms with Gasteiger partial charge in [-0.15, -0.1) is 0 Å². The molecule has 0 radical (unpaired) electrons. The van der Waals surface area contributed by atoms with Crippen LogP contribution in [0.5, 0.6) is 0 Å². The summed E-state index contributed by atoms with van der Waals surface area (Å²) in [5.41, 5.74) is 0. The van der Waals surface area contributed by atoms with Gasteiger partial charge in [-0.2, -0.15) is 0 Å². The fourth-order valence-electron chi connectivity index (χ4n) is 0.289. The van der Waals surface area contributed by atoms with Crippen LogP contribution in [0.15, 0.2) is 0 Å². The largest absolute Gasteiger partial charge is 1.00 e. The Morgan fingerprint density at radius 2 is 1.43 bits per heavy atom. The molecule has 0 fully saturated rings. The maximum absolute atomic E-state index is 2.25. The molecule has 0 nitrogen and oxygen atoms in total. The third-order valence-electron chi connectivity index (χ3n) is 0.577. The van der Waals surface area contributed by atoms with Crippen molar-refractivity contribution < 1.29 is 34.1 Å². The van der Waals surface area contributed by atoms with E-state index in [1.807, 2.05) is 0 Å². The van der Waals surface area contributed by atoms with Crippen LogP contribution in [-0.4, -0.2) is 15.2 Å². The van der Waals surface area contributed by atoms with E-state index in [4.69, 9.17) is 0 Å². The van der Waals surface area contributed by atoms with E-state index in [9.17, 15) is 0 Å². The number of hydrogen-bond donors (Lipinski definition) is 0. The second kappa shape index (κ2) is 15.6. The maximum atomic E-state index is 2.25. The average Bonchev–Trinajstić information content (AvgIpc) is 1.41. The molecule has 40 valence electrons. The Balaban J connectivity index is -0.0000000800. The molecule has 3 heteroatoms. The van der Waals surface area contributed by atoms with Gasteiger partial charge in [0.1, 0.15) is 0 Å². The average molecular weight is 168 g/mol. The van der Waals surface area contributed by atoms with Gasteiger partial charge in [0.05, 0.1) is 0 Å². The second-order valence-electron chi connectivity index (χ2n) is 1.11. The first-order chi connectivity index (χ1) is 2.41. The quantitative estimate of drug-likeness (QED) is 0.444.